The van der Waals surface area contributed by atoms with Gasteiger partial charge in [0.2, 0.25) is 0 Å². The first kappa shape index (κ1) is 28.9. The number of aliphatic hydroxyl groups excluding tert-OH is 1. The Kier molecular flexibility index (Phi) is 9.23. The van der Waals surface area contributed by atoms with Crippen LogP contribution >= 0.6 is 0 Å². The molecule has 0 amide bonds. The summed E-state index contributed by atoms with van der Waals surface area (Å²) in [6.45, 7) is 6.35. The normalized spacial score (nSPS) is 11.1. The predicted octanol–water partition coefficient (Wildman–Crippen LogP) is 5.59. The van der Waals surface area contributed by atoms with Gasteiger partial charge >= 0.3 is 12.0 Å². The molecule has 0 atom stereocenters. The summed E-state index contributed by atoms with van der Waals surface area (Å²) in [6, 6.07) is 24.3. The molecule has 216 valence electrons. The molecule has 0 radical (unpaired) electrons. The summed E-state index contributed by atoms with van der Waals surface area (Å²) in [6.07, 6.45) is 0. The average Bonchev–Trinajstić information content (AvgIpc) is 3.40. The number of fused-ring (bicyclic) bond motifs is 1. The number of aryl methyl sites for hydroxylation is 2. The standard InChI is InChI=1S/C33H34N4O5/c1-21-4-13-27(19-28(21)32(39)40-3)42-33-35-29-18-22(2)30(36-31(29)37-33)26-11-9-25(10-12-26)24-7-5-23(6-8-24)20-34-14-16-41-17-15-38/h4-13,18-19,34,38H,14-17,20H2,1-3H3,(H,35,36,37). The number of carbonyl (C=O) groups is 1. The maximum Gasteiger partial charge on any atom is 0.338 e. The Labute approximate surface area is 244 Å². The molecule has 9 heteroatoms. The van der Waals surface area contributed by atoms with Crippen LogP contribution in [0.15, 0.2) is 72.8 Å². The molecule has 5 rings (SSSR count). The van der Waals surface area contributed by atoms with Crippen LogP contribution < -0.4 is 10.1 Å². The van der Waals surface area contributed by atoms with Crippen LogP contribution in [-0.2, 0) is 16.0 Å². The Morgan fingerprint density at radius 3 is 2.31 bits per heavy atom. The maximum absolute atomic E-state index is 12.1. The fourth-order valence-electron chi connectivity index (χ4n) is 4.65. The molecule has 0 bridgehead atoms. The van der Waals surface area contributed by atoms with E-state index in [1.165, 1.54) is 12.7 Å². The van der Waals surface area contributed by atoms with E-state index in [4.69, 9.17) is 24.3 Å². The van der Waals surface area contributed by atoms with Gasteiger partial charge in [-0.3, -0.25) is 0 Å². The molecule has 2 aromatic heterocycles. The fraction of sp³-hybridized carbons (Fsp3) is 0.242. The first-order valence-electron chi connectivity index (χ1n) is 13.8. The van der Waals surface area contributed by atoms with Crippen molar-refractivity contribution in [3.05, 3.63) is 95.1 Å². The molecule has 3 aromatic carbocycles. The Morgan fingerprint density at radius 2 is 1.60 bits per heavy atom. The van der Waals surface area contributed by atoms with Gasteiger partial charge in [-0.05, 0) is 59.9 Å². The Morgan fingerprint density at radius 1 is 0.881 bits per heavy atom. The third-order valence-corrected chi connectivity index (χ3v) is 6.90. The first-order valence-corrected chi connectivity index (χ1v) is 13.8. The SMILES string of the molecule is COC(=O)c1cc(Oc2nc3nc(-c4ccc(-c5ccc(CNCCOCCO)cc5)cc4)c(C)cc3[nH]2)ccc1C. The molecule has 0 unspecified atom stereocenters. The summed E-state index contributed by atoms with van der Waals surface area (Å²) in [4.78, 5) is 24.6. The molecule has 5 aromatic rings. The van der Waals surface area contributed by atoms with Crippen molar-refractivity contribution >= 4 is 17.1 Å². The summed E-state index contributed by atoms with van der Waals surface area (Å²) in [5.74, 6) is 0.0542. The minimum absolute atomic E-state index is 0.0472. The van der Waals surface area contributed by atoms with Crippen LogP contribution in [0.4, 0.5) is 0 Å². The number of pyridine rings is 1. The number of nitrogens with zero attached hydrogens (tertiary/aromatic N) is 2. The lowest BCUT2D eigenvalue weighted by molar-refractivity contribution is 0.0599. The lowest BCUT2D eigenvalue weighted by Gasteiger charge is -2.09. The zero-order valence-electron chi connectivity index (χ0n) is 23.9. The van der Waals surface area contributed by atoms with Gasteiger partial charge in [0.1, 0.15) is 5.75 Å². The number of esters is 1. The average molecular weight is 567 g/mol. The summed E-state index contributed by atoms with van der Waals surface area (Å²) >= 11 is 0. The second kappa shape index (κ2) is 13.4. The summed E-state index contributed by atoms with van der Waals surface area (Å²) in [5.41, 5.74) is 8.84. The number of carbonyl (C=O) groups excluding carboxylic acids is 1. The van der Waals surface area contributed by atoms with Crippen molar-refractivity contribution in [1.82, 2.24) is 20.3 Å². The first-order chi connectivity index (χ1) is 20.4. The van der Waals surface area contributed by atoms with Crippen molar-refractivity contribution in [3.63, 3.8) is 0 Å². The quantitative estimate of drug-likeness (QED) is 0.132. The number of imidazole rings is 1. The van der Waals surface area contributed by atoms with Crippen LogP contribution in [-0.4, -0.2) is 59.5 Å². The Hall–Kier alpha value is -4.57. The number of ether oxygens (including phenoxy) is 3. The monoisotopic (exact) mass is 566 g/mol. The highest BCUT2D eigenvalue weighted by atomic mass is 16.5. The second-order valence-corrected chi connectivity index (χ2v) is 9.92. The molecule has 0 fully saturated rings. The van der Waals surface area contributed by atoms with Crippen molar-refractivity contribution in [2.24, 2.45) is 0 Å². The van der Waals surface area contributed by atoms with Gasteiger partial charge in [-0.2, -0.15) is 4.98 Å². The minimum atomic E-state index is -0.419. The molecule has 0 aliphatic heterocycles. The lowest BCUT2D eigenvalue weighted by Crippen LogP contribution is -2.19. The number of H-pyrrole nitrogens is 1. The zero-order valence-corrected chi connectivity index (χ0v) is 23.9. The van der Waals surface area contributed by atoms with E-state index in [2.05, 4.69) is 63.8 Å². The van der Waals surface area contributed by atoms with Gasteiger partial charge < -0.3 is 29.6 Å². The Bertz CT molecular complexity index is 1660. The van der Waals surface area contributed by atoms with E-state index in [1.54, 1.807) is 18.2 Å². The topological polar surface area (TPSA) is 119 Å². The molecule has 9 nitrogen and oxygen atoms in total. The van der Waals surface area contributed by atoms with Crippen LogP contribution in [0.2, 0.25) is 0 Å². The van der Waals surface area contributed by atoms with Crippen LogP contribution in [0.25, 0.3) is 33.5 Å². The predicted molar refractivity (Wildman–Crippen MR) is 162 cm³/mol. The molecule has 42 heavy (non-hydrogen) atoms. The highest BCUT2D eigenvalue weighted by molar-refractivity contribution is 5.91. The van der Waals surface area contributed by atoms with Crippen LogP contribution in [0.3, 0.4) is 0 Å². The third kappa shape index (κ3) is 6.83. The molecule has 0 saturated heterocycles. The Balaban J connectivity index is 1.27. The maximum atomic E-state index is 12.1. The van der Waals surface area contributed by atoms with Crippen molar-refractivity contribution in [2.75, 3.05) is 33.5 Å². The zero-order chi connectivity index (χ0) is 29.5. The highest BCUT2D eigenvalue weighted by Gasteiger charge is 2.14. The number of methoxy groups -OCH3 is 1. The van der Waals surface area contributed by atoms with Gasteiger partial charge in [0.25, 0.3) is 0 Å². The highest BCUT2D eigenvalue weighted by Crippen LogP contribution is 2.30. The molecule has 3 N–H and O–H groups in total. The van der Waals surface area contributed by atoms with Gasteiger partial charge in [0.05, 0.1) is 43.7 Å². The largest absolute Gasteiger partial charge is 0.465 e. The number of aliphatic hydroxyl groups is 1. The molecule has 2 heterocycles. The van der Waals surface area contributed by atoms with E-state index >= 15 is 0 Å². The smallest absolute Gasteiger partial charge is 0.338 e. The number of rotatable bonds is 12. The van der Waals surface area contributed by atoms with Gasteiger partial charge in [0.15, 0.2) is 5.65 Å². The lowest BCUT2D eigenvalue weighted by atomic mass is 10.00. The van der Waals surface area contributed by atoms with Crippen molar-refractivity contribution in [3.8, 4) is 34.1 Å². The van der Waals surface area contributed by atoms with E-state index in [0.29, 0.717) is 30.2 Å². The number of aromatic amines is 1. The van der Waals surface area contributed by atoms with Gasteiger partial charge in [-0.1, -0.05) is 54.6 Å². The number of hydrogen-bond acceptors (Lipinski definition) is 8. The summed E-state index contributed by atoms with van der Waals surface area (Å²) in [5, 5.41) is 12.1. The van der Waals surface area contributed by atoms with Gasteiger partial charge in [0, 0.05) is 18.7 Å². The third-order valence-electron chi connectivity index (χ3n) is 6.90. The molecular formula is C33H34N4O5. The van der Waals surface area contributed by atoms with Gasteiger partial charge in [-0.25, -0.2) is 9.78 Å². The van der Waals surface area contributed by atoms with E-state index < -0.39 is 5.97 Å². The molecule has 0 spiro atoms. The summed E-state index contributed by atoms with van der Waals surface area (Å²) in [7, 11) is 1.35. The molecule has 0 aliphatic carbocycles. The molecule has 0 aliphatic rings. The number of aromatic nitrogens is 3. The van der Waals surface area contributed by atoms with Crippen LogP contribution in [0, 0.1) is 13.8 Å². The number of benzene rings is 3. The second-order valence-electron chi connectivity index (χ2n) is 9.92. The van der Waals surface area contributed by atoms with Crippen molar-refractivity contribution in [1.29, 1.82) is 0 Å². The molecule has 0 saturated carbocycles. The number of hydrogen-bond donors (Lipinski definition) is 3. The van der Waals surface area contributed by atoms with Crippen LogP contribution in [0.5, 0.6) is 11.8 Å². The van der Waals surface area contributed by atoms with E-state index in [0.717, 1.165) is 52.1 Å². The number of nitrogens with one attached hydrogen (secondary N) is 2. The minimum Gasteiger partial charge on any atom is -0.465 e. The molecular weight excluding hydrogens is 532 g/mol. The fourth-order valence-corrected chi connectivity index (χ4v) is 4.65. The van der Waals surface area contributed by atoms with Crippen molar-refractivity contribution < 1.29 is 24.1 Å². The van der Waals surface area contributed by atoms with E-state index in [9.17, 15) is 4.79 Å². The van der Waals surface area contributed by atoms with Crippen LogP contribution in [0.1, 0.15) is 27.0 Å². The van der Waals surface area contributed by atoms with E-state index in [-0.39, 0.29) is 12.6 Å². The van der Waals surface area contributed by atoms with Crippen molar-refractivity contribution in [2.45, 2.75) is 20.4 Å². The summed E-state index contributed by atoms with van der Waals surface area (Å²) < 4.78 is 16.1. The van der Waals surface area contributed by atoms with Gasteiger partial charge in [-0.15, -0.1) is 0 Å². The van der Waals surface area contributed by atoms with E-state index in [1.807, 2.05) is 19.9 Å².